The van der Waals surface area contributed by atoms with Gasteiger partial charge in [-0.2, -0.15) is 0 Å². The van der Waals surface area contributed by atoms with E-state index in [0.29, 0.717) is 48.9 Å². The lowest BCUT2D eigenvalue weighted by Gasteiger charge is -2.42. The SMILES string of the molecule is CC(C)(C)OC(=O)NC1(C(=O)NCC2CC(c3c(-c4ccc(F)cc4)[nH]c4c(F)cc(F)cc34)C2)CCC1. The fourth-order valence-electron chi connectivity index (χ4n) is 5.49. The highest BCUT2D eigenvalue weighted by Gasteiger charge is 2.46. The maximum Gasteiger partial charge on any atom is 0.408 e. The van der Waals surface area contributed by atoms with Gasteiger partial charge in [0.1, 0.15) is 28.6 Å². The number of aromatic amines is 1. The van der Waals surface area contributed by atoms with Crippen LogP contribution in [0.3, 0.4) is 0 Å². The van der Waals surface area contributed by atoms with Crippen molar-refractivity contribution in [2.75, 3.05) is 6.54 Å². The van der Waals surface area contributed by atoms with Crippen LogP contribution in [0.25, 0.3) is 22.2 Å². The van der Waals surface area contributed by atoms with Crippen molar-refractivity contribution in [3.63, 3.8) is 0 Å². The van der Waals surface area contributed by atoms with E-state index in [1.807, 2.05) is 0 Å². The fourth-order valence-corrected chi connectivity index (χ4v) is 5.49. The zero-order valence-electron chi connectivity index (χ0n) is 21.7. The summed E-state index contributed by atoms with van der Waals surface area (Å²) in [5, 5.41) is 6.23. The number of rotatable bonds is 6. The smallest absolute Gasteiger partial charge is 0.408 e. The molecule has 0 unspecified atom stereocenters. The van der Waals surface area contributed by atoms with E-state index < -0.39 is 28.9 Å². The van der Waals surface area contributed by atoms with Crippen molar-refractivity contribution in [2.24, 2.45) is 5.92 Å². The lowest BCUT2D eigenvalue weighted by Crippen LogP contribution is -2.63. The molecule has 0 radical (unpaired) electrons. The maximum atomic E-state index is 14.6. The zero-order chi connectivity index (χ0) is 27.2. The van der Waals surface area contributed by atoms with Crippen molar-refractivity contribution in [2.45, 2.75) is 69.9 Å². The Bertz CT molecular complexity index is 1370. The van der Waals surface area contributed by atoms with Gasteiger partial charge in [-0.1, -0.05) is 0 Å². The fraction of sp³-hybridized carbons (Fsp3) is 0.448. The van der Waals surface area contributed by atoms with Crippen LogP contribution < -0.4 is 10.6 Å². The topological polar surface area (TPSA) is 83.2 Å². The van der Waals surface area contributed by atoms with E-state index in [0.717, 1.165) is 18.1 Å². The van der Waals surface area contributed by atoms with E-state index >= 15 is 0 Å². The number of H-pyrrole nitrogens is 1. The summed E-state index contributed by atoms with van der Waals surface area (Å²) in [4.78, 5) is 28.4. The number of halogens is 3. The molecule has 2 aliphatic rings. The number of carbonyl (C=O) groups is 2. The van der Waals surface area contributed by atoms with E-state index in [1.165, 1.54) is 18.2 Å². The van der Waals surface area contributed by atoms with Gasteiger partial charge in [-0.25, -0.2) is 18.0 Å². The van der Waals surface area contributed by atoms with Gasteiger partial charge < -0.3 is 20.4 Å². The molecule has 2 aromatic carbocycles. The molecule has 2 saturated carbocycles. The van der Waals surface area contributed by atoms with Crippen LogP contribution in [0.15, 0.2) is 36.4 Å². The number of hydrogen-bond acceptors (Lipinski definition) is 3. The molecular weight excluding hydrogens is 495 g/mol. The van der Waals surface area contributed by atoms with Crippen molar-refractivity contribution >= 4 is 22.9 Å². The Kier molecular flexibility index (Phi) is 6.65. The van der Waals surface area contributed by atoms with E-state index in [9.17, 15) is 22.8 Å². The molecule has 0 bridgehead atoms. The van der Waals surface area contributed by atoms with Crippen LogP contribution in [0.5, 0.6) is 0 Å². The number of amides is 2. The molecule has 9 heteroatoms. The molecule has 2 fully saturated rings. The minimum atomic E-state index is -0.951. The lowest BCUT2D eigenvalue weighted by atomic mass is 9.70. The van der Waals surface area contributed by atoms with Crippen LogP contribution in [-0.4, -0.2) is 34.7 Å². The number of carbonyl (C=O) groups excluding carboxylic acids is 2. The number of benzene rings is 2. The van der Waals surface area contributed by atoms with E-state index in [1.54, 1.807) is 32.9 Å². The van der Waals surface area contributed by atoms with E-state index in [-0.39, 0.29) is 29.1 Å². The number of fused-ring (bicyclic) bond motifs is 1. The van der Waals surface area contributed by atoms with Crippen LogP contribution in [0.4, 0.5) is 18.0 Å². The normalized spacial score (nSPS) is 20.4. The molecule has 202 valence electrons. The third-order valence-electron chi connectivity index (χ3n) is 7.57. The summed E-state index contributed by atoms with van der Waals surface area (Å²) in [6, 6.07) is 8.07. The summed E-state index contributed by atoms with van der Waals surface area (Å²) in [5.74, 6) is -1.75. The van der Waals surface area contributed by atoms with Crippen LogP contribution in [-0.2, 0) is 9.53 Å². The minimum absolute atomic E-state index is 0.0180. The van der Waals surface area contributed by atoms with Gasteiger partial charge in [-0.3, -0.25) is 4.79 Å². The third kappa shape index (κ3) is 5.11. The van der Waals surface area contributed by atoms with Gasteiger partial charge in [0.15, 0.2) is 0 Å². The zero-order valence-corrected chi connectivity index (χ0v) is 21.7. The van der Waals surface area contributed by atoms with Crippen molar-refractivity contribution < 1.29 is 27.5 Å². The molecule has 6 nitrogen and oxygen atoms in total. The van der Waals surface area contributed by atoms with Crippen LogP contribution in [0.2, 0.25) is 0 Å². The van der Waals surface area contributed by atoms with Gasteiger partial charge in [-0.15, -0.1) is 0 Å². The molecule has 0 spiro atoms. The molecule has 1 aromatic heterocycles. The highest BCUT2D eigenvalue weighted by molar-refractivity contribution is 5.92. The molecule has 0 saturated heterocycles. The summed E-state index contributed by atoms with van der Waals surface area (Å²) in [6.07, 6.45) is 2.77. The highest BCUT2D eigenvalue weighted by Crippen LogP contribution is 2.48. The van der Waals surface area contributed by atoms with Gasteiger partial charge in [-0.05, 0) is 106 Å². The number of alkyl carbamates (subject to hydrolysis) is 1. The molecule has 1 heterocycles. The molecule has 2 amide bonds. The minimum Gasteiger partial charge on any atom is -0.444 e. The van der Waals surface area contributed by atoms with Gasteiger partial charge in [0, 0.05) is 18.0 Å². The highest BCUT2D eigenvalue weighted by atomic mass is 19.1. The number of hydrogen-bond donors (Lipinski definition) is 3. The van der Waals surface area contributed by atoms with Gasteiger partial charge in [0.05, 0.1) is 11.2 Å². The predicted molar refractivity (Wildman–Crippen MR) is 138 cm³/mol. The van der Waals surface area contributed by atoms with Crippen LogP contribution in [0, 0.1) is 23.4 Å². The summed E-state index contributed by atoms with van der Waals surface area (Å²) in [6.45, 7) is 5.74. The van der Waals surface area contributed by atoms with Crippen molar-refractivity contribution in [3.8, 4) is 11.3 Å². The molecule has 0 aliphatic heterocycles. The van der Waals surface area contributed by atoms with Crippen molar-refractivity contribution in [1.82, 2.24) is 15.6 Å². The predicted octanol–water partition coefficient (Wildman–Crippen LogP) is 6.31. The number of nitrogens with one attached hydrogen (secondary N) is 3. The Morgan fingerprint density at radius 2 is 1.74 bits per heavy atom. The second-order valence-corrected chi connectivity index (χ2v) is 11.5. The largest absolute Gasteiger partial charge is 0.444 e. The number of aromatic nitrogens is 1. The van der Waals surface area contributed by atoms with Gasteiger partial charge in [0.25, 0.3) is 0 Å². The third-order valence-corrected chi connectivity index (χ3v) is 7.57. The molecule has 0 atom stereocenters. The Hall–Kier alpha value is -3.49. The molecule has 38 heavy (non-hydrogen) atoms. The summed E-state index contributed by atoms with van der Waals surface area (Å²) >= 11 is 0. The average molecular weight is 528 g/mol. The first kappa shape index (κ1) is 26.1. The standard InChI is InChI=1S/C29H32F3N3O3/c1-28(2,3)38-27(37)35-29(9-4-10-29)26(36)33-15-16-11-18(12-16)23-21-13-20(31)14-22(32)25(21)34-24(23)17-5-7-19(30)8-6-17/h5-8,13-14,16,18,34H,4,9-12,15H2,1-3H3,(H,33,36)(H,35,37). The average Bonchev–Trinajstić information content (AvgIpc) is 3.13. The van der Waals surface area contributed by atoms with Gasteiger partial charge in [0.2, 0.25) is 5.91 Å². The molecule has 3 N–H and O–H groups in total. The Morgan fingerprint density at radius 1 is 1.05 bits per heavy atom. The summed E-state index contributed by atoms with van der Waals surface area (Å²) < 4.78 is 47.6. The monoisotopic (exact) mass is 527 g/mol. The molecule has 2 aliphatic carbocycles. The Labute approximate surface area is 219 Å². The van der Waals surface area contributed by atoms with Gasteiger partial charge >= 0.3 is 6.09 Å². The Morgan fingerprint density at radius 3 is 2.34 bits per heavy atom. The van der Waals surface area contributed by atoms with E-state index in [4.69, 9.17) is 4.74 Å². The van der Waals surface area contributed by atoms with Crippen LogP contribution >= 0.6 is 0 Å². The van der Waals surface area contributed by atoms with Crippen LogP contribution in [0.1, 0.15) is 64.4 Å². The second-order valence-electron chi connectivity index (χ2n) is 11.5. The quantitative estimate of drug-likeness (QED) is 0.351. The van der Waals surface area contributed by atoms with Crippen molar-refractivity contribution in [1.29, 1.82) is 0 Å². The summed E-state index contributed by atoms with van der Waals surface area (Å²) in [7, 11) is 0. The Balaban J connectivity index is 1.28. The summed E-state index contributed by atoms with van der Waals surface area (Å²) in [5.41, 5.74) is 0.745. The maximum absolute atomic E-state index is 14.6. The molecule has 3 aromatic rings. The molecular formula is C29H32F3N3O3. The lowest BCUT2D eigenvalue weighted by molar-refractivity contribution is -0.131. The first-order chi connectivity index (χ1) is 17.9. The first-order valence-corrected chi connectivity index (χ1v) is 13.0. The van der Waals surface area contributed by atoms with Crippen molar-refractivity contribution in [3.05, 3.63) is 59.4 Å². The van der Waals surface area contributed by atoms with E-state index in [2.05, 4.69) is 15.6 Å². The number of ether oxygens (including phenoxy) is 1. The second kappa shape index (κ2) is 9.67. The first-order valence-electron chi connectivity index (χ1n) is 13.0. The molecule has 5 rings (SSSR count).